The van der Waals surface area contributed by atoms with Gasteiger partial charge in [0, 0.05) is 0 Å². The van der Waals surface area contributed by atoms with E-state index in [1.165, 1.54) is 6.26 Å². The normalized spacial score (nSPS) is 24.7. The SMILES string of the molecule is C#CC1=COC(=O)C1C. The third-order valence-electron chi connectivity index (χ3n) is 1.29. The van der Waals surface area contributed by atoms with Gasteiger partial charge in [0.1, 0.15) is 6.26 Å². The van der Waals surface area contributed by atoms with Crippen LogP contribution in [-0.4, -0.2) is 5.97 Å². The molecule has 2 heteroatoms. The summed E-state index contributed by atoms with van der Waals surface area (Å²) >= 11 is 0. The molecule has 1 atom stereocenters. The van der Waals surface area contributed by atoms with Crippen molar-refractivity contribution < 1.29 is 9.53 Å². The van der Waals surface area contributed by atoms with Gasteiger partial charge in [-0.2, -0.15) is 0 Å². The van der Waals surface area contributed by atoms with Gasteiger partial charge >= 0.3 is 5.97 Å². The number of carbonyl (C=O) groups is 1. The minimum atomic E-state index is -0.261. The number of terminal acetylenes is 1. The first kappa shape index (κ1) is 5.90. The fourth-order valence-electron chi connectivity index (χ4n) is 0.612. The fourth-order valence-corrected chi connectivity index (χ4v) is 0.612. The zero-order valence-electron chi connectivity index (χ0n) is 5.05. The summed E-state index contributed by atoms with van der Waals surface area (Å²) in [7, 11) is 0. The predicted octanol–water partition coefficient (Wildman–Crippen LogP) is 0.696. The summed E-state index contributed by atoms with van der Waals surface area (Å²) in [6.45, 7) is 1.72. The van der Waals surface area contributed by atoms with Crippen molar-refractivity contribution in [3.05, 3.63) is 11.8 Å². The molecule has 1 aliphatic rings. The van der Waals surface area contributed by atoms with Crippen molar-refractivity contribution >= 4 is 5.97 Å². The summed E-state index contributed by atoms with van der Waals surface area (Å²) < 4.78 is 4.53. The van der Waals surface area contributed by atoms with Crippen LogP contribution in [0.25, 0.3) is 0 Å². The van der Waals surface area contributed by atoms with Crippen LogP contribution in [0.2, 0.25) is 0 Å². The standard InChI is InChI=1S/C7H6O2/c1-3-6-4-9-7(8)5(6)2/h1,4-5H,2H3. The second kappa shape index (κ2) is 1.94. The molecule has 1 heterocycles. The zero-order chi connectivity index (χ0) is 6.85. The maximum Gasteiger partial charge on any atom is 0.318 e. The van der Waals surface area contributed by atoms with E-state index >= 15 is 0 Å². The lowest BCUT2D eigenvalue weighted by Gasteiger charge is -1.93. The lowest BCUT2D eigenvalue weighted by molar-refractivity contribution is -0.138. The molecule has 9 heavy (non-hydrogen) atoms. The van der Waals surface area contributed by atoms with Crippen LogP contribution in [0.1, 0.15) is 6.92 Å². The topological polar surface area (TPSA) is 26.3 Å². The molecule has 2 nitrogen and oxygen atoms in total. The highest BCUT2D eigenvalue weighted by Crippen LogP contribution is 2.17. The van der Waals surface area contributed by atoms with E-state index in [1.807, 2.05) is 0 Å². The van der Waals surface area contributed by atoms with Gasteiger partial charge in [-0.15, -0.1) is 6.42 Å². The van der Waals surface area contributed by atoms with E-state index in [0.29, 0.717) is 5.57 Å². The average molecular weight is 122 g/mol. The number of esters is 1. The molecule has 0 aromatic carbocycles. The minimum absolute atomic E-state index is 0.241. The van der Waals surface area contributed by atoms with E-state index in [1.54, 1.807) is 6.92 Å². The van der Waals surface area contributed by atoms with Crippen LogP contribution in [0, 0.1) is 18.3 Å². The summed E-state index contributed by atoms with van der Waals surface area (Å²) in [6.07, 6.45) is 6.36. The van der Waals surface area contributed by atoms with Crippen molar-refractivity contribution in [2.24, 2.45) is 5.92 Å². The molecule has 0 amide bonds. The maximum atomic E-state index is 10.6. The molecule has 0 fully saturated rings. The largest absolute Gasteiger partial charge is 0.433 e. The lowest BCUT2D eigenvalue weighted by atomic mass is 10.1. The van der Waals surface area contributed by atoms with E-state index in [9.17, 15) is 4.79 Å². The summed E-state index contributed by atoms with van der Waals surface area (Å²) in [5.74, 6) is 1.86. The Morgan fingerprint density at radius 2 is 2.56 bits per heavy atom. The van der Waals surface area contributed by atoms with Crippen LogP contribution in [0.3, 0.4) is 0 Å². The molecular weight excluding hydrogens is 116 g/mol. The Balaban J connectivity index is 2.81. The smallest absolute Gasteiger partial charge is 0.318 e. The Labute approximate surface area is 53.5 Å². The Kier molecular flexibility index (Phi) is 1.27. The van der Waals surface area contributed by atoms with Crippen molar-refractivity contribution in [1.82, 2.24) is 0 Å². The molecule has 1 unspecified atom stereocenters. The van der Waals surface area contributed by atoms with Crippen molar-refractivity contribution in [1.29, 1.82) is 0 Å². The Morgan fingerprint density at radius 1 is 1.89 bits per heavy atom. The molecule has 0 aliphatic carbocycles. The van der Waals surface area contributed by atoms with Gasteiger partial charge in [0.25, 0.3) is 0 Å². The Hall–Kier alpha value is -1.23. The molecule has 0 saturated heterocycles. The average Bonchev–Trinajstić information content (AvgIpc) is 2.15. The molecule has 1 rings (SSSR count). The van der Waals surface area contributed by atoms with Gasteiger partial charge in [-0.1, -0.05) is 5.92 Å². The summed E-state index contributed by atoms with van der Waals surface area (Å²) in [4.78, 5) is 10.6. The number of ether oxygens (including phenoxy) is 1. The van der Waals surface area contributed by atoms with Gasteiger partial charge in [0.2, 0.25) is 0 Å². The van der Waals surface area contributed by atoms with E-state index < -0.39 is 0 Å². The van der Waals surface area contributed by atoms with Gasteiger partial charge in [0.05, 0.1) is 11.5 Å². The molecule has 0 saturated carbocycles. The molecular formula is C7H6O2. The second-order valence-corrected chi connectivity index (χ2v) is 1.88. The summed E-state index contributed by atoms with van der Waals surface area (Å²) in [6, 6.07) is 0. The van der Waals surface area contributed by atoms with Crippen LogP contribution in [0.5, 0.6) is 0 Å². The molecule has 0 aromatic heterocycles. The molecule has 0 spiro atoms. The van der Waals surface area contributed by atoms with Gasteiger partial charge in [-0.3, -0.25) is 4.79 Å². The van der Waals surface area contributed by atoms with Gasteiger partial charge < -0.3 is 4.74 Å². The van der Waals surface area contributed by atoms with Gasteiger partial charge in [0.15, 0.2) is 0 Å². The molecule has 0 radical (unpaired) electrons. The zero-order valence-corrected chi connectivity index (χ0v) is 5.05. The van der Waals surface area contributed by atoms with Gasteiger partial charge in [-0.05, 0) is 6.92 Å². The first-order valence-electron chi connectivity index (χ1n) is 2.63. The lowest BCUT2D eigenvalue weighted by Crippen LogP contribution is -2.05. The number of rotatable bonds is 0. The maximum absolute atomic E-state index is 10.6. The minimum Gasteiger partial charge on any atom is -0.433 e. The van der Waals surface area contributed by atoms with Crippen molar-refractivity contribution in [3.8, 4) is 12.3 Å². The van der Waals surface area contributed by atoms with Crippen LogP contribution in [-0.2, 0) is 9.53 Å². The molecule has 0 bridgehead atoms. The highest BCUT2D eigenvalue weighted by Gasteiger charge is 2.23. The van der Waals surface area contributed by atoms with Crippen molar-refractivity contribution in [3.63, 3.8) is 0 Å². The number of hydrogen-bond acceptors (Lipinski definition) is 2. The van der Waals surface area contributed by atoms with Crippen LogP contribution < -0.4 is 0 Å². The molecule has 0 aromatic rings. The summed E-state index contributed by atoms with van der Waals surface area (Å²) in [5.41, 5.74) is 0.625. The highest BCUT2D eigenvalue weighted by atomic mass is 16.5. The fraction of sp³-hybridized carbons (Fsp3) is 0.286. The predicted molar refractivity (Wildman–Crippen MR) is 32.2 cm³/mol. The number of carbonyl (C=O) groups excluding carboxylic acids is 1. The monoisotopic (exact) mass is 122 g/mol. The van der Waals surface area contributed by atoms with Crippen LogP contribution in [0.4, 0.5) is 0 Å². The second-order valence-electron chi connectivity index (χ2n) is 1.88. The number of cyclic esters (lactones) is 1. The van der Waals surface area contributed by atoms with E-state index in [4.69, 9.17) is 6.42 Å². The van der Waals surface area contributed by atoms with E-state index in [0.717, 1.165) is 0 Å². The van der Waals surface area contributed by atoms with Crippen molar-refractivity contribution in [2.75, 3.05) is 0 Å². The van der Waals surface area contributed by atoms with Crippen LogP contribution >= 0.6 is 0 Å². The Bertz CT molecular complexity index is 207. The molecule has 1 aliphatic heterocycles. The van der Waals surface area contributed by atoms with Crippen molar-refractivity contribution in [2.45, 2.75) is 6.92 Å². The quantitative estimate of drug-likeness (QED) is 0.349. The van der Waals surface area contributed by atoms with E-state index in [-0.39, 0.29) is 11.9 Å². The Morgan fingerprint density at radius 3 is 2.78 bits per heavy atom. The number of hydrogen-bond donors (Lipinski definition) is 0. The molecule has 46 valence electrons. The third kappa shape index (κ3) is 0.812. The van der Waals surface area contributed by atoms with E-state index in [2.05, 4.69) is 10.7 Å². The summed E-state index contributed by atoms with van der Waals surface area (Å²) in [5, 5.41) is 0. The highest BCUT2D eigenvalue weighted by molar-refractivity contribution is 5.80. The van der Waals surface area contributed by atoms with Gasteiger partial charge in [-0.25, -0.2) is 0 Å². The first-order valence-corrected chi connectivity index (χ1v) is 2.63. The third-order valence-corrected chi connectivity index (χ3v) is 1.29. The van der Waals surface area contributed by atoms with Crippen LogP contribution in [0.15, 0.2) is 11.8 Å². The first-order chi connectivity index (χ1) is 4.25. The molecule has 0 N–H and O–H groups in total.